The molecule has 0 N–H and O–H groups in total. The van der Waals surface area contributed by atoms with Gasteiger partial charge in [-0.3, -0.25) is 9.59 Å². The molecule has 0 saturated carbocycles. The zero-order chi connectivity index (χ0) is 15.6. The van der Waals surface area contributed by atoms with Gasteiger partial charge < -0.3 is 14.5 Å². The van der Waals surface area contributed by atoms with Crippen molar-refractivity contribution >= 4 is 11.8 Å². The molecule has 5 heteroatoms. The molecule has 3 aliphatic heterocycles. The molecule has 0 aromatic carbocycles. The smallest absolute Gasteiger partial charge is 0.251 e. The number of rotatable bonds is 3. The minimum Gasteiger partial charge on any atom is -0.368 e. The second-order valence-corrected chi connectivity index (χ2v) is 6.89. The van der Waals surface area contributed by atoms with Crippen molar-refractivity contribution in [3.8, 4) is 0 Å². The monoisotopic (exact) mass is 306 g/mol. The van der Waals surface area contributed by atoms with E-state index in [0.29, 0.717) is 19.6 Å². The predicted molar refractivity (Wildman–Crippen MR) is 83.2 cm³/mol. The van der Waals surface area contributed by atoms with E-state index in [1.54, 1.807) is 6.08 Å². The fourth-order valence-electron chi connectivity index (χ4n) is 4.01. The highest BCUT2D eigenvalue weighted by Crippen LogP contribution is 2.40. The summed E-state index contributed by atoms with van der Waals surface area (Å²) in [5, 5.41) is 0. The van der Waals surface area contributed by atoms with Gasteiger partial charge in [-0.25, -0.2) is 0 Å². The molecule has 3 aliphatic rings. The van der Waals surface area contributed by atoms with Gasteiger partial charge in [0.2, 0.25) is 5.91 Å². The molecule has 2 amide bonds. The van der Waals surface area contributed by atoms with E-state index < -0.39 is 0 Å². The maximum Gasteiger partial charge on any atom is 0.251 e. The van der Waals surface area contributed by atoms with Gasteiger partial charge >= 0.3 is 0 Å². The molecule has 0 unspecified atom stereocenters. The summed E-state index contributed by atoms with van der Waals surface area (Å²) < 4.78 is 5.51. The number of piperidine rings is 2. The standard InChI is InChI=1S/C17H26N2O3/c1-2-9-19-13-17(6-5-15(19)20)7-10-18(11-8-17)16(21)14-4-3-12-22-14/h2,14H,1,3-13H2/t14-/m1/s1. The third-order valence-corrected chi connectivity index (χ3v) is 5.44. The van der Waals surface area contributed by atoms with E-state index in [1.165, 1.54) is 0 Å². The lowest BCUT2D eigenvalue weighted by Crippen LogP contribution is -2.53. The highest BCUT2D eigenvalue weighted by Gasteiger charge is 2.42. The lowest BCUT2D eigenvalue weighted by molar-refractivity contribution is -0.147. The molecule has 0 aliphatic carbocycles. The Morgan fingerprint density at radius 1 is 1.36 bits per heavy atom. The summed E-state index contributed by atoms with van der Waals surface area (Å²) in [6.45, 7) is 7.51. The minimum absolute atomic E-state index is 0.169. The van der Waals surface area contributed by atoms with Crippen LogP contribution in [0.15, 0.2) is 12.7 Å². The molecule has 122 valence electrons. The third-order valence-electron chi connectivity index (χ3n) is 5.44. The number of carbonyl (C=O) groups is 2. The second kappa shape index (κ2) is 6.41. The van der Waals surface area contributed by atoms with Gasteiger partial charge in [-0.2, -0.15) is 0 Å². The lowest BCUT2D eigenvalue weighted by Gasteiger charge is -2.47. The first-order valence-corrected chi connectivity index (χ1v) is 8.43. The topological polar surface area (TPSA) is 49.9 Å². The summed E-state index contributed by atoms with van der Waals surface area (Å²) in [5.74, 6) is 0.408. The molecule has 3 rings (SSSR count). The van der Waals surface area contributed by atoms with E-state index in [2.05, 4.69) is 6.58 Å². The van der Waals surface area contributed by atoms with Crippen molar-refractivity contribution in [2.75, 3.05) is 32.8 Å². The summed E-state index contributed by atoms with van der Waals surface area (Å²) in [4.78, 5) is 28.3. The Bertz CT molecular complexity index is 449. The van der Waals surface area contributed by atoms with E-state index >= 15 is 0 Å². The SMILES string of the molecule is C=CCN1CC2(CCC1=O)CCN(C(=O)[C@H]1CCCO1)CC2. The maximum atomic E-state index is 12.4. The van der Waals surface area contributed by atoms with Crippen molar-refractivity contribution in [3.05, 3.63) is 12.7 Å². The normalized spacial score (nSPS) is 28.2. The molecule has 5 nitrogen and oxygen atoms in total. The van der Waals surface area contributed by atoms with E-state index in [9.17, 15) is 9.59 Å². The lowest BCUT2D eigenvalue weighted by atomic mass is 9.72. The molecule has 3 saturated heterocycles. The summed E-state index contributed by atoms with van der Waals surface area (Å²) in [5.41, 5.74) is 0.199. The molecular weight excluding hydrogens is 280 g/mol. The Labute approximate surface area is 132 Å². The first-order valence-electron chi connectivity index (χ1n) is 8.43. The maximum absolute atomic E-state index is 12.4. The highest BCUT2D eigenvalue weighted by molar-refractivity contribution is 5.81. The fraction of sp³-hybridized carbons (Fsp3) is 0.765. The van der Waals surface area contributed by atoms with Gasteiger partial charge in [0.15, 0.2) is 0 Å². The van der Waals surface area contributed by atoms with Crippen molar-refractivity contribution < 1.29 is 14.3 Å². The number of hydrogen-bond donors (Lipinski definition) is 0. The predicted octanol–water partition coefficient (Wildman–Crippen LogP) is 1.58. The molecule has 0 aromatic rings. The molecule has 3 heterocycles. The number of ether oxygens (including phenoxy) is 1. The van der Waals surface area contributed by atoms with Crippen molar-refractivity contribution in [2.24, 2.45) is 5.41 Å². The first kappa shape index (κ1) is 15.5. The Hall–Kier alpha value is -1.36. The third kappa shape index (κ3) is 3.05. The molecule has 22 heavy (non-hydrogen) atoms. The van der Waals surface area contributed by atoms with Crippen molar-refractivity contribution in [2.45, 2.75) is 44.6 Å². The van der Waals surface area contributed by atoms with Crippen molar-refractivity contribution in [1.29, 1.82) is 0 Å². The van der Waals surface area contributed by atoms with Gasteiger partial charge in [0.1, 0.15) is 6.10 Å². The molecule has 1 spiro atoms. The van der Waals surface area contributed by atoms with Crippen LogP contribution in [-0.2, 0) is 14.3 Å². The zero-order valence-electron chi connectivity index (χ0n) is 13.3. The van der Waals surface area contributed by atoms with Gasteiger partial charge in [-0.15, -0.1) is 6.58 Å². The number of nitrogens with zero attached hydrogens (tertiary/aromatic N) is 2. The summed E-state index contributed by atoms with van der Waals surface area (Å²) in [6, 6.07) is 0. The summed E-state index contributed by atoms with van der Waals surface area (Å²) >= 11 is 0. The summed E-state index contributed by atoms with van der Waals surface area (Å²) in [7, 11) is 0. The molecule has 0 radical (unpaired) electrons. The average Bonchev–Trinajstić information content (AvgIpc) is 3.06. The van der Waals surface area contributed by atoms with Crippen molar-refractivity contribution in [1.82, 2.24) is 9.80 Å². The van der Waals surface area contributed by atoms with Gasteiger partial charge in [-0.05, 0) is 37.5 Å². The molecule has 3 fully saturated rings. The van der Waals surface area contributed by atoms with E-state index in [0.717, 1.165) is 51.7 Å². The van der Waals surface area contributed by atoms with Gasteiger partial charge in [-0.1, -0.05) is 6.08 Å². The molecule has 0 bridgehead atoms. The summed E-state index contributed by atoms with van der Waals surface area (Å²) in [6.07, 6.45) is 7.02. The van der Waals surface area contributed by atoms with Crippen LogP contribution in [0.25, 0.3) is 0 Å². The Kier molecular flexibility index (Phi) is 4.52. The van der Waals surface area contributed by atoms with Crippen LogP contribution in [0.3, 0.4) is 0 Å². The van der Waals surface area contributed by atoms with Crippen LogP contribution in [0.4, 0.5) is 0 Å². The van der Waals surface area contributed by atoms with Gasteiger partial charge in [0.25, 0.3) is 5.91 Å². The van der Waals surface area contributed by atoms with Crippen LogP contribution in [0.5, 0.6) is 0 Å². The van der Waals surface area contributed by atoms with Crippen molar-refractivity contribution in [3.63, 3.8) is 0 Å². The van der Waals surface area contributed by atoms with Crippen LogP contribution in [0.2, 0.25) is 0 Å². The number of likely N-dealkylation sites (tertiary alicyclic amines) is 2. The van der Waals surface area contributed by atoms with E-state index in [1.807, 2.05) is 9.80 Å². The fourth-order valence-corrected chi connectivity index (χ4v) is 4.01. The van der Waals surface area contributed by atoms with E-state index in [4.69, 9.17) is 4.74 Å². The second-order valence-electron chi connectivity index (χ2n) is 6.89. The number of carbonyl (C=O) groups excluding carboxylic acids is 2. The Morgan fingerprint density at radius 2 is 2.14 bits per heavy atom. The van der Waals surface area contributed by atoms with Crippen LogP contribution < -0.4 is 0 Å². The van der Waals surface area contributed by atoms with E-state index in [-0.39, 0.29) is 23.3 Å². The zero-order valence-corrected chi connectivity index (χ0v) is 13.3. The van der Waals surface area contributed by atoms with Crippen LogP contribution >= 0.6 is 0 Å². The molecule has 1 atom stereocenters. The minimum atomic E-state index is -0.209. The van der Waals surface area contributed by atoms with Gasteiger partial charge in [0, 0.05) is 39.2 Å². The first-order chi connectivity index (χ1) is 10.6. The average molecular weight is 306 g/mol. The number of amides is 2. The highest BCUT2D eigenvalue weighted by atomic mass is 16.5. The van der Waals surface area contributed by atoms with Gasteiger partial charge in [0.05, 0.1) is 0 Å². The Balaban J connectivity index is 1.57. The Morgan fingerprint density at radius 3 is 2.77 bits per heavy atom. The van der Waals surface area contributed by atoms with Crippen LogP contribution in [0.1, 0.15) is 38.5 Å². The van der Waals surface area contributed by atoms with Crippen LogP contribution in [-0.4, -0.2) is 60.5 Å². The molecular formula is C17H26N2O3. The van der Waals surface area contributed by atoms with Crippen LogP contribution in [0, 0.1) is 5.41 Å². The quantitative estimate of drug-likeness (QED) is 0.744. The molecule has 0 aromatic heterocycles. The largest absolute Gasteiger partial charge is 0.368 e. The number of hydrogen-bond acceptors (Lipinski definition) is 3.